The van der Waals surface area contributed by atoms with E-state index < -0.39 is 11.0 Å². The lowest BCUT2D eigenvalue weighted by Crippen LogP contribution is -2.54. The molecular weight excluding hydrogens is 190 g/mol. The Morgan fingerprint density at radius 1 is 1.40 bits per heavy atom. The van der Waals surface area contributed by atoms with Crippen molar-refractivity contribution in [1.29, 1.82) is 5.26 Å². The summed E-state index contributed by atoms with van der Waals surface area (Å²) < 4.78 is 0. The van der Waals surface area contributed by atoms with Crippen LogP contribution in [0.3, 0.4) is 0 Å². The van der Waals surface area contributed by atoms with E-state index in [9.17, 15) is 4.79 Å². The van der Waals surface area contributed by atoms with Crippen LogP contribution in [-0.4, -0.2) is 18.0 Å². The molecule has 4 heteroatoms. The highest BCUT2D eigenvalue weighted by Gasteiger charge is 2.30. The molecule has 86 valence electrons. The first kappa shape index (κ1) is 13.9. The van der Waals surface area contributed by atoms with Gasteiger partial charge in [0.05, 0.1) is 17.0 Å². The maximum absolute atomic E-state index is 11.7. The van der Waals surface area contributed by atoms with Gasteiger partial charge in [0, 0.05) is 6.54 Å². The molecule has 0 bridgehead atoms. The van der Waals surface area contributed by atoms with Crippen molar-refractivity contribution >= 4 is 5.91 Å². The van der Waals surface area contributed by atoms with E-state index in [0.717, 1.165) is 0 Å². The first-order valence-electron chi connectivity index (χ1n) is 5.29. The van der Waals surface area contributed by atoms with E-state index in [0.29, 0.717) is 19.4 Å². The summed E-state index contributed by atoms with van der Waals surface area (Å²) in [6, 6.07) is 2.13. The standard InChI is InChI=1S/C11H21N3O/c1-5-11(13,6-2)9(15)14-8-10(3,4)7-12/h5-6,8,13H2,1-4H3,(H,14,15). The van der Waals surface area contributed by atoms with Crippen LogP contribution in [-0.2, 0) is 4.79 Å². The molecule has 0 radical (unpaired) electrons. The lowest BCUT2D eigenvalue weighted by atomic mass is 9.91. The zero-order chi connectivity index (χ0) is 12.1. The van der Waals surface area contributed by atoms with Crippen molar-refractivity contribution in [2.45, 2.75) is 46.1 Å². The third kappa shape index (κ3) is 3.88. The number of nitrogens with two attached hydrogens (primary N) is 1. The number of nitriles is 1. The van der Waals surface area contributed by atoms with Crippen LogP contribution in [0, 0.1) is 16.7 Å². The Kier molecular flexibility index (Phi) is 4.76. The Bertz CT molecular complexity index is 261. The predicted molar refractivity (Wildman–Crippen MR) is 59.9 cm³/mol. The van der Waals surface area contributed by atoms with E-state index in [1.165, 1.54) is 0 Å². The average molecular weight is 211 g/mol. The second kappa shape index (κ2) is 5.13. The molecule has 0 saturated carbocycles. The minimum absolute atomic E-state index is 0.171. The molecular formula is C11H21N3O. The molecule has 0 aliphatic heterocycles. The zero-order valence-corrected chi connectivity index (χ0v) is 10.1. The summed E-state index contributed by atoms with van der Waals surface area (Å²) >= 11 is 0. The number of carbonyl (C=O) groups is 1. The van der Waals surface area contributed by atoms with Gasteiger partial charge in [0.15, 0.2) is 0 Å². The third-order valence-corrected chi connectivity index (χ3v) is 2.71. The highest BCUT2D eigenvalue weighted by Crippen LogP contribution is 2.14. The summed E-state index contributed by atoms with van der Waals surface area (Å²) in [5.74, 6) is -0.171. The highest BCUT2D eigenvalue weighted by atomic mass is 16.2. The molecule has 4 nitrogen and oxygen atoms in total. The number of hydrogen-bond acceptors (Lipinski definition) is 3. The van der Waals surface area contributed by atoms with E-state index in [4.69, 9.17) is 11.0 Å². The average Bonchev–Trinajstić information content (AvgIpc) is 2.24. The lowest BCUT2D eigenvalue weighted by molar-refractivity contribution is -0.126. The number of amides is 1. The molecule has 0 aromatic rings. The van der Waals surface area contributed by atoms with Gasteiger partial charge in [-0.3, -0.25) is 4.79 Å². The van der Waals surface area contributed by atoms with E-state index in [-0.39, 0.29) is 5.91 Å². The van der Waals surface area contributed by atoms with Crippen LogP contribution in [0.25, 0.3) is 0 Å². The summed E-state index contributed by atoms with van der Waals surface area (Å²) in [6.07, 6.45) is 1.20. The van der Waals surface area contributed by atoms with Crippen molar-refractivity contribution in [2.75, 3.05) is 6.54 Å². The van der Waals surface area contributed by atoms with Crippen molar-refractivity contribution in [3.63, 3.8) is 0 Å². The van der Waals surface area contributed by atoms with Crippen LogP contribution in [0.2, 0.25) is 0 Å². The van der Waals surface area contributed by atoms with E-state index in [2.05, 4.69) is 11.4 Å². The van der Waals surface area contributed by atoms with E-state index in [1.807, 2.05) is 13.8 Å². The van der Waals surface area contributed by atoms with Gasteiger partial charge in [-0.25, -0.2) is 0 Å². The van der Waals surface area contributed by atoms with Crippen LogP contribution in [0.15, 0.2) is 0 Å². The van der Waals surface area contributed by atoms with Crippen molar-refractivity contribution in [3.8, 4) is 6.07 Å². The summed E-state index contributed by atoms with van der Waals surface area (Å²) in [4.78, 5) is 11.7. The Morgan fingerprint density at radius 2 is 1.87 bits per heavy atom. The first-order valence-corrected chi connectivity index (χ1v) is 5.29. The Labute approximate surface area is 91.8 Å². The zero-order valence-electron chi connectivity index (χ0n) is 10.1. The molecule has 3 N–H and O–H groups in total. The molecule has 0 heterocycles. The molecule has 1 amide bonds. The predicted octanol–water partition coefficient (Wildman–Crippen LogP) is 1.17. The largest absolute Gasteiger partial charge is 0.353 e. The fourth-order valence-electron chi connectivity index (χ4n) is 1.09. The molecule has 0 unspecified atom stereocenters. The number of hydrogen-bond donors (Lipinski definition) is 2. The van der Waals surface area contributed by atoms with Gasteiger partial charge in [-0.2, -0.15) is 5.26 Å². The molecule has 0 aliphatic carbocycles. The molecule has 15 heavy (non-hydrogen) atoms. The van der Waals surface area contributed by atoms with Gasteiger partial charge < -0.3 is 11.1 Å². The van der Waals surface area contributed by atoms with Crippen LogP contribution >= 0.6 is 0 Å². The fraction of sp³-hybridized carbons (Fsp3) is 0.818. The van der Waals surface area contributed by atoms with E-state index >= 15 is 0 Å². The molecule has 0 saturated heterocycles. The van der Waals surface area contributed by atoms with Crippen LogP contribution in [0.4, 0.5) is 0 Å². The summed E-state index contributed by atoms with van der Waals surface area (Å²) in [5.41, 5.74) is 4.57. The molecule has 0 spiro atoms. The topological polar surface area (TPSA) is 78.9 Å². The molecule has 0 atom stereocenters. The minimum atomic E-state index is -0.800. The maximum Gasteiger partial charge on any atom is 0.240 e. The number of nitrogens with zero attached hydrogens (tertiary/aromatic N) is 1. The molecule has 0 aromatic carbocycles. The summed E-state index contributed by atoms with van der Waals surface area (Å²) in [6.45, 7) is 7.67. The van der Waals surface area contributed by atoms with E-state index in [1.54, 1.807) is 13.8 Å². The Balaban J connectivity index is 4.34. The molecule has 0 fully saturated rings. The fourth-order valence-corrected chi connectivity index (χ4v) is 1.09. The highest BCUT2D eigenvalue weighted by molar-refractivity contribution is 5.85. The van der Waals surface area contributed by atoms with Gasteiger partial charge in [-0.1, -0.05) is 13.8 Å². The second-order valence-corrected chi connectivity index (χ2v) is 4.54. The molecule has 0 rings (SSSR count). The number of rotatable bonds is 5. The van der Waals surface area contributed by atoms with Gasteiger partial charge >= 0.3 is 0 Å². The SMILES string of the molecule is CCC(N)(CC)C(=O)NCC(C)(C)C#N. The van der Waals surface area contributed by atoms with Gasteiger partial charge in [0.2, 0.25) is 5.91 Å². The van der Waals surface area contributed by atoms with Crippen LogP contribution in [0.5, 0.6) is 0 Å². The second-order valence-electron chi connectivity index (χ2n) is 4.54. The van der Waals surface area contributed by atoms with Crippen molar-refractivity contribution in [3.05, 3.63) is 0 Å². The smallest absolute Gasteiger partial charge is 0.240 e. The van der Waals surface area contributed by atoms with Crippen molar-refractivity contribution in [2.24, 2.45) is 11.1 Å². The summed E-state index contributed by atoms with van der Waals surface area (Å²) in [5, 5.41) is 11.5. The van der Waals surface area contributed by atoms with Gasteiger partial charge in [-0.15, -0.1) is 0 Å². The third-order valence-electron chi connectivity index (χ3n) is 2.71. The molecule has 0 aliphatic rings. The minimum Gasteiger partial charge on any atom is -0.353 e. The molecule has 0 aromatic heterocycles. The quantitative estimate of drug-likeness (QED) is 0.716. The van der Waals surface area contributed by atoms with Gasteiger partial charge in [-0.05, 0) is 26.7 Å². The number of carbonyl (C=O) groups excluding carboxylic acids is 1. The maximum atomic E-state index is 11.7. The van der Waals surface area contributed by atoms with Crippen molar-refractivity contribution in [1.82, 2.24) is 5.32 Å². The van der Waals surface area contributed by atoms with Gasteiger partial charge in [0.1, 0.15) is 0 Å². The lowest BCUT2D eigenvalue weighted by Gasteiger charge is -2.27. The van der Waals surface area contributed by atoms with Crippen molar-refractivity contribution < 1.29 is 4.79 Å². The first-order chi connectivity index (χ1) is 6.81. The summed E-state index contributed by atoms with van der Waals surface area (Å²) in [7, 11) is 0. The number of nitrogens with one attached hydrogen (secondary N) is 1. The van der Waals surface area contributed by atoms with Crippen LogP contribution in [0.1, 0.15) is 40.5 Å². The monoisotopic (exact) mass is 211 g/mol. The van der Waals surface area contributed by atoms with Gasteiger partial charge in [0.25, 0.3) is 0 Å². The normalized spacial score (nSPS) is 12.0. The Hall–Kier alpha value is -1.08. The Morgan fingerprint density at radius 3 is 2.20 bits per heavy atom. The van der Waals surface area contributed by atoms with Crippen LogP contribution < -0.4 is 11.1 Å².